The van der Waals surface area contributed by atoms with Gasteiger partial charge in [-0.3, -0.25) is 0 Å². The van der Waals surface area contributed by atoms with E-state index < -0.39 is 19.7 Å². The molecule has 12 heteroatoms. The van der Waals surface area contributed by atoms with Crippen LogP contribution in [-0.2, 0) is 43.6 Å². The highest BCUT2D eigenvalue weighted by Gasteiger charge is 2.54. The van der Waals surface area contributed by atoms with Gasteiger partial charge in [-0.15, -0.1) is 0 Å². The average Bonchev–Trinajstić information content (AvgIpc) is 4.11. The normalized spacial score (nSPS) is 29.1. The summed E-state index contributed by atoms with van der Waals surface area (Å²) in [6, 6.07) is 33.0. The molecule has 10 nitrogen and oxygen atoms in total. The third-order valence-corrected chi connectivity index (χ3v) is 25.9. The molecule has 414 valence electrons. The molecule has 4 saturated heterocycles. The van der Waals surface area contributed by atoms with Gasteiger partial charge >= 0.3 is 0 Å². The highest BCUT2D eigenvalue weighted by molar-refractivity contribution is 7.92. The Bertz CT molecular complexity index is 2970. The van der Waals surface area contributed by atoms with E-state index >= 15 is 0 Å². The number of likely N-dealkylation sites (tertiary alicyclic amines) is 2. The minimum atomic E-state index is -3.18. The van der Waals surface area contributed by atoms with Crippen molar-refractivity contribution in [2.45, 2.75) is 135 Å². The lowest BCUT2D eigenvalue weighted by Gasteiger charge is -2.54. The molecular formula is C65H88N6O4S2. The molecule has 4 aromatic carbocycles. The Labute approximate surface area is 462 Å². The summed E-state index contributed by atoms with van der Waals surface area (Å²) in [5.41, 5.74) is 10.9. The van der Waals surface area contributed by atoms with Crippen LogP contribution in [0.5, 0.6) is 0 Å². The predicted octanol–water partition coefficient (Wildman–Crippen LogP) is 10.3. The molecule has 0 N–H and O–H groups in total. The Morgan fingerprint density at radius 3 is 1.58 bits per heavy atom. The van der Waals surface area contributed by atoms with E-state index in [1.54, 1.807) is 46.9 Å². The van der Waals surface area contributed by atoms with E-state index in [4.69, 9.17) is 0 Å². The molecule has 0 aromatic heterocycles. The van der Waals surface area contributed by atoms with Crippen molar-refractivity contribution in [1.82, 2.24) is 19.6 Å². The third kappa shape index (κ3) is 9.84. The molecule has 77 heavy (non-hydrogen) atoms. The molecule has 6 aliphatic heterocycles. The minimum absolute atomic E-state index is 0.139. The van der Waals surface area contributed by atoms with Crippen LogP contribution in [0.3, 0.4) is 0 Å². The summed E-state index contributed by atoms with van der Waals surface area (Å²) in [7, 11) is -1.50. The van der Waals surface area contributed by atoms with Gasteiger partial charge in [0.15, 0.2) is 19.7 Å². The highest BCUT2D eigenvalue weighted by Crippen LogP contribution is 2.58. The maximum absolute atomic E-state index is 12.8. The van der Waals surface area contributed by atoms with Crippen LogP contribution in [0.4, 0.5) is 11.4 Å². The molecule has 4 aromatic rings. The molecule has 9 aliphatic rings. The van der Waals surface area contributed by atoms with E-state index in [0.29, 0.717) is 45.3 Å². The van der Waals surface area contributed by atoms with Gasteiger partial charge in [-0.2, -0.15) is 0 Å². The van der Waals surface area contributed by atoms with Crippen molar-refractivity contribution in [3.05, 3.63) is 119 Å². The number of sulfone groups is 2. The Morgan fingerprint density at radius 2 is 1.03 bits per heavy atom. The second-order valence-corrected chi connectivity index (χ2v) is 31.0. The molecule has 0 bridgehead atoms. The number of hydrogen-bond acceptors (Lipinski definition) is 10. The zero-order chi connectivity index (χ0) is 52.7. The lowest BCUT2D eigenvalue weighted by Crippen LogP contribution is -2.57. The van der Waals surface area contributed by atoms with Gasteiger partial charge in [0.1, 0.15) is 0 Å². The summed E-state index contributed by atoms with van der Waals surface area (Å²) in [6.07, 6.45) is 16.2. The Morgan fingerprint density at radius 1 is 0.519 bits per heavy atom. The van der Waals surface area contributed by atoms with Crippen LogP contribution in [0.25, 0.3) is 0 Å². The molecule has 3 saturated carbocycles. The van der Waals surface area contributed by atoms with Crippen LogP contribution >= 0.6 is 0 Å². The Kier molecular flexibility index (Phi) is 14.3. The van der Waals surface area contributed by atoms with Crippen molar-refractivity contribution in [1.29, 1.82) is 0 Å². The van der Waals surface area contributed by atoms with Gasteiger partial charge in [0.25, 0.3) is 0 Å². The van der Waals surface area contributed by atoms with E-state index in [1.165, 1.54) is 116 Å². The zero-order valence-electron chi connectivity index (χ0n) is 46.7. The first kappa shape index (κ1) is 52.6. The number of likely N-dealkylation sites (N-methyl/N-ethyl adjacent to an activating group) is 2. The van der Waals surface area contributed by atoms with Gasteiger partial charge < -0.3 is 29.4 Å². The molecule has 3 aliphatic carbocycles. The highest BCUT2D eigenvalue weighted by atomic mass is 32.2. The summed E-state index contributed by atoms with van der Waals surface area (Å²) in [5.74, 6) is 4.89. The summed E-state index contributed by atoms with van der Waals surface area (Å²) in [5, 5.41) is -0.162. The van der Waals surface area contributed by atoms with Crippen LogP contribution in [-0.4, -0.2) is 140 Å². The fourth-order valence-electron chi connectivity index (χ4n) is 17.8. The number of hydrogen-bond donors (Lipinski definition) is 0. The first-order chi connectivity index (χ1) is 37.3. The van der Waals surface area contributed by atoms with Crippen molar-refractivity contribution in [3.8, 4) is 0 Å². The maximum atomic E-state index is 12.8. The zero-order valence-corrected chi connectivity index (χ0v) is 48.3. The largest absolute Gasteiger partial charge is 0.371 e. The van der Waals surface area contributed by atoms with Crippen molar-refractivity contribution < 1.29 is 16.8 Å². The van der Waals surface area contributed by atoms with Gasteiger partial charge in [0.05, 0.1) is 20.8 Å². The fraction of sp³-hybridized carbons (Fsp3) is 0.631. The molecular weight excluding hydrogens is 993 g/mol. The average molecular weight is 1080 g/mol. The SMILES string of the molecule is CCS(=O)(=O)c1ccc(N2CC(CN3CCC(C4(C5CCCC5)CN(C)Cc5cc(C6CCC(C7(C8CCN(CC9CN(c%10ccc(S(=O)(=O)C%11CC%11)cc%10)C9)CC8)CN(C)Cc8ccccc87)C6)ccc54)CC3)C2)cc1. The number of anilines is 2. The molecule has 0 spiro atoms. The summed E-state index contributed by atoms with van der Waals surface area (Å²) >= 11 is 0. The van der Waals surface area contributed by atoms with Gasteiger partial charge in [0, 0.05) is 99.5 Å². The Hall–Kier alpha value is -3.78. The summed E-state index contributed by atoms with van der Waals surface area (Å²) in [4.78, 5) is 16.7. The molecule has 7 fully saturated rings. The van der Waals surface area contributed by atoms with Crippen LogP contribution in [0.15, 0.2) is 101 Å². The van der Waals surface area contributed by atoms with Gasteiger partial charge in [-0.1, -0.05) is 62.2 Å². The number of piperidine rings is 2. The molecule has 0 radical (unpaired) electrons. The Balaban J connectivity index is 0.670. The first-order valence-corrected chi connectivity index (χ1v) is 33.7. The smallest absolute Gasteiger partial charge is 0.181 e. The lowest BCUT2D eigenvalue weighted by atomic mass is 9.56. The number of benzene rings is 4. The first-order valence-electron chi connectivity index (χ1n) is 30.5. The minimum Gasteiger partial charge on any atom is -0.371 e. The van der Waals surface area contributed by atoms with E-state index in [2.05, 4.69) is 86.0 Å². The lowest BCUT2D eigenvalue weighted by molar-refractivity contribution is 0.0414. The molecule has 13 rings (SSSR count). The molecule has 4 unspecified atom stereocenters. The molecule has 4 atom stereocenters. The van der Waals surface area contributed by atoms with Crippen molar-refractivity contribution in [2.75, 3.05) is 108 Å². The third-order valence-electron chi connectivity index (χ3n) is 21.8. The van der Waals surface area contributed by atoms with E-state index in [9.17, 15) is 16.8 Å². The van der Waals surface area contributed by atoms with Crippen molar-refractivity contribution in [3.63, 3.8) is 0 Å². The van der Waals surface area contributed by atoms with Gasteiger partial charge in [-0.05, 0) is 217 Å². The molecule has 0 amide bonds. The quantitative estimate of drug-likeness (QED) is 0.115. The standard InChI is InChI=1S/C65H88N6O4S2/c1-4-76(72,73)59-20-16-57(17-21-59)70-39-47(40-70)37-68-31-27-54(28-32-68)64(53-10-6-7-11-53)45-67(3)44-52-35-49(14-26-63(52)64)50-13-15-56(36-50)65(46-66(2)43-51-9-5-8-12-62(51)65)55-29-33-69(34-30-55)38-48-41-71(42-48)58-18-22-60(23-19-58)77(74,75)61-24-25-61/h5,8-9,12,14,16-23,26,35,47-48,50,53-56,61H,4,6-7,10-11,13,15,24-25,27-34,36-46H2,1-3H3. The van der Waals surface area contributed by atoms with Crippen molar-refractivity contribution in [2.24, 2.45) is 35.5 Å². The van der Waals surface area contributed by atoms with E-state index in [0.717, 1.165) is 75.9 Å². The monoisotopic (exact) mass is 1080 g/mol. The predicted molar refractivity (Wildman–Crippen MR) is 312 cm³/mol. The van der Waals surface area contributed by atoms with Crippen LogP contribution in [0.2, 0.25) is 0 Å². The second-order valence-electron chi connectivity index (χ2n) is 26.5. The van der Waals surface area contributed by atoms with E-state index in [-0.39, 0.29) is 21.8 Å². The topological polar surface area (TPSA) is 87.7 Å². The van der Waals surface area contributed by atoms with Gasteiger partial charge in [-0.25, -0.2) is 16.8 Å². The maximum Gasteiger partial charge on any atom is 0.181 e. The number of fused-ring (bicyclic) bond motifs is 2. The number of rotatable bonds is 15. The molecule has 6 heterocycles. The second kappa shape index (κ2) is 21.0. The fourth-order valence-corrected chi connectivity index (χ4v) is 20.4. The van der Waals surface area contributed by atoms with E-state index in [1.807, 2.05) is 36.4 Å². The van der Waals surface area contributed by atoms with Crippen LogP contribution in [0.1, 0.15) is 124 Å². The van der Waals surface area contributed by atoms with Crippen LogP contribution < -0.4 is 9.80 Å². The summed E-state index contributed by atoms with van der Waals surface area (Å²) in [6.45, 7) is 17.5. The van der Waals surface area contributed by atoms with Gasteiger partial charge in [0.2, 0.25) is 0 Å². The van der Waals surface area contributed by atoms with Crippen LogP contribution in [0, 0.1) is 35.5 Å². The van der Waals surface area contributed by atoms with Crippen molar-refractivity contribution >= 4 is 31.0 Å². The number of nitrogens with zero attached hydrogens (tertiary/aromatic N) is 6. The summed E-state index contributed by atoms with van der Waals surface area (Å²) < 4.78 is 50.4.